The van der Waals surface area contributed by atoms with Gasteiger partial charge in [-0.15, -0.1) is 11.3 Å². The number of aromatic amines is 1. The molecular weight excluding hydrogens is 389 g/mol. The van der Waals surface area contributed by atoms with Crippen molar-refractivity contribution in [1.82, 2.24) is 15.5 Å². The van der Waals surface area contributed by atoms with E-state index < -0.39 is 0 Å². The van der Waals surface area contributed by atoms with Crippen LogP contribution in [0.4, 0.5) is 4.39 Å². The van der Waals surface area contributed by atoms with Crippen LogP contribution in [0.1, 0.15) is 26.5 Å². The van der Waals surface area contributed by atoms with E-state index in [1.165, 1.54) is 19.2 Å². The number of hydrogen-bond donors (Lipinski definition) is 2. The molecule has 4 rings (SSSR count). The van der Waals surface area contributed by atoms with Crippen molar-refractivity contribution in [3.05, 3.63) is 81.4 Å². The average molecular weight is 407 g/mol. The van der Waals surface area contributed by atoms with Crippen LogP contribution < -0.4 is 10.1 Å². The Morgan fingerprint density at radius 3 is 2.76 bits per heavy atom. The molecule has 2 aromatic heterocycles. The zero-order valence-corrected chi connectivity index (χ0v) is 16.4. The third kappa shape index (κ3) is 4.05. The fourth-order valence-electron chi connectivity index (χ4n) is 3.04. The predicted molar refractivity (Wildman–Crippen MR) is 113 cm³/mol. The number of hydrogen-bond acceptors (Lipinski definition) is 4. The van der Waals surface area contributed by atoms with Crippen LogP contribution in [0.2, 0.25) is 0 Å². The zero-order valence-electron chi connectivity index (χ0n) is 15.6. The van der Waals surface area contributed by atoms with E-state index in [1.807, 2.05) is 29.7 Å². The van der Waals surface area contributed by atoms with Crippen molar-refractivity contribution in [2.24, 2.45) is 0 Å². The van der Waals surface area contributed by atoms with Gasteiger partial charge in [0.15, 0.2) is 0 Å². The van der Waals surface area contributed by atoms with Crippen LogP contribution in [-0.2, 0) is 6.54 Å². The summed E-state index contributed by atoms with van der Waals surface area (Å²) in [5.41, 5.74) is 2.67. The van der Waals surface area contributed by atoms with Crippen LogP contribution in [0.15, 0.2) is 53.9 Å². The minimum Gasteiger partial charge on any atom is -0.495 e. The molecule has 0 atom stereocenters. The van der Waals surface area contributed by atoms with Crippen LogP contribution in [0, 0.1) is 5.82 Å². The molecule has 0 unspecified atom stereocenters. The smallest absolute Gasteiger partial charge is 0.255 e. The summed E-state index contributed by atoms with van der Waals surface area (Å²) in [6, 6.07) is 13.6. The molecule has 7 heteroatoms. The van der Waals surface area contributed by atoms with Gasteiger partial charge in [0.1, 0.15) is 11.6 Å². The van der Waals surface area contributed by atoms with Gasteiger partial charge in [-0.2, -0.15) is 5.10 Å². The van der Waals surface area contributed by atoms with E-state index in [1.54, 1.807) is 35.6 Å². The molecule has 4 aromatic rings. The van der Waals surface area contributed by atoms with Gasteiger partial charge in [-0.05, 0) is 47.4 Å². The normalized spacial score (nSPS) is 11.2. The second-order valence-corrected chi connectivity index (χ2v) is 7.36. The van der Waals surface area contributed by atoms with E-state index in [0.717, 1.165) is 21.3 Å². The van der Waals surface area contributed by atoms with Gasteiger partial charge in [0.05, 0.1) is 35.8 Å². The third-order valence-corrected chi connectivity index (χ3v) is 5.34. The largest absolute Gasteiger partial charge is 0.495 e. The third-order valence-electron chi connectivity index (χ3n) is 4.47. The van der Waals surface area contributed by atoms with Gasteiger partial charge in [0, 0.05) is 4.88 Å². The lowest BCUT2D eigenvalue weighted by Crippen LogP contribution is -2.22. The molecule has 2 N–H and O–H groups in total. The minimum atomic E-state index is -0.285. The Hall–Kier alpha value is -3.45. The summed E-state index contributed by atoms with van der Waals surface area (Å²) in [5, 5.41) is 12.9. The van der Waals surface area contributed by atoms with Crippen molar-refractivity contribution in [3.63, 3.8) is 0 Å². The van der Waals surface area contributed by atoms with Gasteiger partial charge >= 0.3 is 0 Å². The standard InChI is InChI=1S/C22H18FN3O2S/c1-28-21-17(22(27)24-13-16-3-2-12-29-16)9-11-19-20(21)18(25-26-19)10-6-14-4-7-15(23)8-5-14/h2-12H,13H2,1H3,(H,24,27)(H,25,26). The van der Waals surface area contributed by atoms with Crippen molar-refractivity contribution in [3.8, 4) is 5.75 Å². The van der Waals surface area contributed by atoms with Crippen molar-refractivity contribution in [2.75, 3.05) is 7.11 Å². The molecule has 0 aliphatic heterocycles. The summed E-state index contributed by atoms with van der Waals surface area (Å²) < 4.78 is 18.7. The van der Waals surface area contributed by atoms with E-state index in [2.05, 4.69) is 15.5 Å². The molecule has 0 radical (unpaired) electrons. The maximum Gasteiger partial charge on any atom is 0.255 e. The molecule has 29 heavy (non-hydrogen) atoms. The van der Waals surface area contributed by atoms with Crippen molar-refractivity contribution in [1.29, 1.82) is 0 Å². The molecule has 5 nitrogen and oxygen atoms in total. The molecule has 0 fully saturated rings. The molecule has 0 spiro atoms. The van der Waals surface area contributed by atoms with Crippen molar-refractivity contribution in [2.45, 2.75) is 6.54 Å². The Morgan fingerprint density at radius 1 is 1.21 bits per heavy atom. The number of ether oxygens (including phenoxy) is 1. The number of aromatic nitrogens is 2. The van der Waals surface area contributed by atoms with Gasteiger partial charge in [0.25, 0.3) is 5.91 Å². The number of benzene rings is 2. The van der Waals surface area contributed by atoms with Crippen LogP contribution in [-0.4, -0.2) is 23.2 Å². The SMILES string of the molecule is COc1c(C(=O)NCc2cccs2)ccc2[nH]nc(C=Cc3ccc(F)cc3)c12. The number of methoxy groups -OCH3 is 1. The Bertz CT molecular complexity index is 1160. The van der Waals surface area contributed by atoms with E-state index in [4.69, 9.17) is 4.74 Å². The number of carbonyl (C=O) groups is 1. The Balaban J connectivity index is 1.65. The van der Waals surface area contributed by atoms with Gasteiger partial charge < -0.3 is 10.1 Å². The first-order valence-electron chi connectivity index (χ1n) is 8.95. The Morgan fingerprint density at radius 2 is 2.03 bits per heavy atom. The minimum absolute atomic E-state index is 0.216. The molecule has 0 aliphatic rings. The zero-order chi connectivity index (χ0) is 20.2. The van der Waals surface area contributed by atoms with Crippen LogP contribution in [0.25, 0.3) is 23.1 Å². The van der Waals surface area contributed by atoms with Crippen LogP contribution >= 0.6 is 11.3 Å². The monoisotopic (exact) mass is 407 g/mol. The number of halogens is 1. The molecule has 0 bridgehead atoms. The maximum atomic E-state index is 13.1. The molecule has 0 saturated carbocycles. The highest BCUT2D eigenvalue weighted by atomic mass is 32.1. The maximum absolute atomic E-state index is 13.1. The first kappa shape index (κ1) is 18.9. The van der Waals surface area contributed by atoms with E-state index >= 15 is 0 Å². The summed E-state index contributed by atoms with van der Waals surface area (Å²) in [6.45, 7) is 0.459. The predicted octanol–water partition coefficient (Wildman–Crippen LogP) is 4.87. The van der Waals surface area contributed by atoms with E-state index in [0.29, 0.717) is 23.6 Å². The Labute approximate surface area is 170 Å². The number of nitrogens with one attached hydrogen (secondary N) is 2. The lowest BCUT2D eigenvalue weighted by atomic mass is 10.1. The molecule has 0 aliphatic carbocycles. The summed E-state index contributed by atoms with van der Waals surface area (Å²) in [4.78, 5) is 13.8. The second-order valence-electron chi connectivity index (χ2n) is 6.32. The highest BCUT2D eigenvalue weighted by molar-refractivity contribution is 7.09. The van der Waals surface area contributed by atoms with Crippen molar-refractivity contribution >= 4 is 40.3 Å². The molecule has 1 amide bonds. The molecule has 2 heterocycles. The highest BCUT2D eigenvalue weighted by Gasteiger charge is 2.18. The lowest BCUT2D eigenvalue weighted by Gasteiger charge is -2.10. The van der Waals surface area contributed by atoms with Gasteiger partial charge in [-0.1, -0.05) is 24.3 Å². The fraction of sp³-hybridized carbons (Fsp3) is 0.0909. The van der Waals surface area contributed by atoms with Gasteiger partial charge in [0.2, 0.25) is 0 Å². The number of nitrogens with zero attached hydrogens (tertiary/aromatic N) is 1. The van der Waals surface area contributed by atoms with E-state index in [9.17, 15) is 9.18 Å². The summed E-state index contributed by atoms with van der Waals surface area (Å²) in [6.07, 6.45) is 3.64. The lowest BCUT2D eigenvalue weighted by molar-refractivity contribution is 0.0948. The van der Waals surface area contributed by atoms with Crippen LogP contribution in [0.3, 0.4) is 0 Å². The van der Waals surface area contributed by atoms with Crippen LogP contribution in [0.5, 0.6) is 5.75 Å². The number of thiophene rings is 1. The second kappa shape index (κ2) is 8.28. The number of fused-ring (bicyclic) bond motifs is 1. The number of H-pyrrole nitrogens is 1. The topological polar surface area (TPSA) is 67.0 Å². The Kier molecular flexibility index (Phi) is 5.39. The van der Waals surface area contributed by atoms with Gasteiger partial charge in [-0.3, -0.25) is 9.89 Å². The first-order valence-corrected chi connectivity index (χ1v) is 9.83. The highest BCUT2D eigenvalue weighted by Crippen LogP contribution is 2.32. The average Bonchev–Trinajstić information content (AvgIpc) is 3.40. The summed E-state index contributed by atoms with van der Waals surface area (Å²) in [7, 11) is 1.53. The molecule has 2 aromatic carbocycles. The van der Waals surface area contributed by atoms with E-state index in [-0.39, 0.29) is 11.7 Å². The number of carbonyl (C=O) groups excluding carboxylic acids is 1. The quantitative estimate of drug-likeness (QED) is 0.479. The molecular formula is C22H18FN3O2S. The first-order chi connectivity index (χ1) is 14.2. The summed E-state index contributed by atoms with van der Waals surface area (Å²) in [5.74, 6) is -0.0438. The number of rotatable bonds is 6. The number of amides is 1. The fourth-order valence-corrected chi connectivity index (χ4v) is 3.69. The molecule has 0 saturated heterocycles. The molecule has 146 valence electrons. The summed E-state index contributed by atoms with van der Waals surface area (Å²) >= 11 is 1.59. The van der Waals surface area contributed by atoms with Gasteiger partial charge in [-0.25, -0.2) is 4.39 Å². The van der Waals surface area contributed by atoms with Crippen molar-refractivity contribution < 1.29 is 13.9 Å².